The van der Waals surface area contributed by atoms with Crippen LogP contribution in [0.2, 0.25) is 0 Å². The van der Waals surface area contributed by atoms with Crippen LogP contribution >= 0.6 is 0 Å². The van der Waals surface area contributed by atoms with Crippen LogP contribution < -0.4 is 10.1 Å². The van der Waals surface area contributed by atoms with E-state index in [1.54, 1.807) is 7.11 Å². The Kier molecular flexibility index (Phi) is 4.12. The van der Waals surface area contributed by atoms with Gasteiger partial charge < -0.3 is 15.2 Å². The lowest BCUT2D eigenvalue weighted by molar-refractivity contribution is 0.368. The third-order valence-electron chi connectivity index (χ3n) is 4.04. The molecule has 0 radical (unpaired) electrons. The molecule has 1 aromatic rings. The van der Waals surface area contributed by atoms with Crippen LogP contribution in [0.25, 0.3) is 0 Å². The summed E-state index contributed by atoms with van der Waals surface area (Å²) in [6.45, 7) is 5.15. The van der Waals surface area contributed by atoms with Crippen molar-refractivity contribution >= 4 is 0 Å². The molecule has 18 heavy (non-hydrogen) atoms. The van der Waals surface area contributed by atoms with Crippen molar-refractivity contribution in [3.05, 3.63) is 22.8 Å². The van der Waals surface area contributed by atoms with Gasteiger partial charge in [0.2, 0.25) is 0 Å². The molecule has 1 unspecified atom stereocenters. The molecule has 1 aromatic carbocycles. The third-order valence-corrected chi connectivity index (χ3v) is 4.04. The fraction of sp³-hybridized carbons (Fsp3) is 0.600. The highest BCUT2D eigenvalue weighted by Gasteiger charge is 2.17. The van der Waals surface area contributed by atoms with Gasteiger partial charge in [0.15, 0.2) is 11.5 Å². The summed E-state index contributed by atoms with van der Waals surface area (Å²) in [6.07, 6.45) is 4.85. The number of piperidine rings is 1. The summed E-state index contributed by atoms with van der Waals surface area (Å²) in [7, 11) is 1.60. The van der Waals surface area contributed by atoms with Crippen molar-refractivity contribution in [3.63, 3.8) is 0 Å². The molecule has 0 spiro atoms. The largest absolute Gasteiger partial charge is 0.504 e. The molecule has 0 aliphatic carbocycles. The molecule has 100 valence electrons. The molecule has 1 aliphatic heterocycles. The smallest absolute Gasteiger partial charge is 0.161 e. The van der Waals surface area contributed by atoms with Crippen LogP contribution in [0.3, 0.4) is 0 Å². The molecule has 0 bridgehead atoms. The van der Waals surface area contributed by atoms with E-state index in [2.05, 4.69) is 12.2 Å². The van der Waals surface area contributed by atoms with Crippen molar-refractivity contribution in [1.29, 1.82) is 0 Å². The van der Waals surface area contributed by atoms with Gasteiger partial charge in [0.05, 0.1) is 7.11 Å². The zero-order valence-corrected chi connectivity index (χ0v) is 11.5. The van der Waals surface area contributed by atoms with E-state index < -0.39 is 0 Å². The minimum atomic E-state index is 0.273. The predicted octanol–water partition coefficient (Wildman–Crippen LogP) is 2.70. The Morgan fingerprint density at radius 1 is 1.33 bits per heavy atom. The number of hydrogen-bond acceptors (Lipinski definition) is 3. The molecule has 1 atom stereocenters. The van der Waals surface area contributed by atoms with Crippen molar-refractivity contribution in [2.24, 2.45) is 0 Å². The number of nitrogens with one attached hydrogen (secondary N) is 1. The van der Waals surface area contributed by atoms with E-state index in [1.807, 2.05) is 13.0 Å². The summed E-state index contributed by atoms with van der Waals surface area (Å²) < 4.78 is 5.24. The van der Waals surface area contributed by atoms with E-state index in [0.29, 0.717) is 11.8 Å². The maximum Gasteiger partial charge on any atom is 0.161 e. The van der Waals surface area contributed by atoms with Gasteiger partial charge in [-0.1, -0.05) is 6.42 Å². The Morgan fingerprint density at radius 3 is 2.72 bits per heavy atom. The van der Waals surface area contributed by atoms with Gasteiger partial charge in [0, 0.05) is 6.04 Å². The minimum absolute atomic E-state index is 0.273. The minimum Gasteiger partial charge on any atom is -0.504 e. The number of phenolic OH excluding ortho intramolecular Hbond substituents is 1. The molecule has 2 rings (SSSR count). The second-order valence-corrected chi connectivity index (χ2v) is 5.19. The lowest BCUT2D eigenvalue weighted by Crippen LogP contribution is -2.35. The van der Waals surface area contributed by atoms with Crippen LogP contribution in [0.1, 0.15) is 36.0 Å². The van der Waals surface area contributed by atoms with Crippen LogP contribution in [0.5, 0.6) is 11.5 Å². The lowest BCUT2D eigenvalue weighted by Gasteiger charge is -2.25. The van der Waals surface area contributed by atoms with Gasteiger partial charge in [0.25, 0.3) is 0 Å². The van der Waals surface area contributed by atoms with Crippen molar-refractivity contribution in [2.45, 2.75) is 45.6 Å². The van der Waals surface area contributed by atoms with E-state index in [1.165, 1.54) is 30.4 Å². The first-order valence-corrected chi connectivity index (χ1v) is 6.73. The van der Waals surface area contributed by atoms with Gasteiger partial charge in [-0.25, -0.2) is 0 Å². The van der Waals surface area contributed by atoms with E-state index >= 15 is 0 Å². The SMILES string of the molecule is COc1cc(CC2CCCCN2)c(C)c(C)c1O. The Labute approximate surface area is 109 Å². The second-order valence-electron chi connectivity index (χ2n) is 5.19. The molecule has 0 saturated carbocycles. The van der Waals surface area contributed by atoms with Gasteiger partial charge in [-0.2, -0.15) is 0 Å². The maximum absolute atomic E-state index is 9.97. The number of phenols is 1. The number of methoxy groups -OCH3 is 1. The molecule has 1 saturated heterocycles. The number of rotatable bonds is 3. The molecule has 3 heteroatoms. The Balaban J connectivity index is 2.23. The fourth-order valence-electron chi connectivity index (χ4n) is 2.67. The molecular formula is C15H23NO2. The summed E-state index contributed by atoms with van der Waals surface area (Å²) in [5.74, 6) is 0.860. The Morgan fingerprint density at radius 2 is 2.11 bits per heavy atom. The van der Waals surface area contributed by atoms with Gasteiger partial charge in [-0.3, -0.25) is 0 Å². The quantitative estimate of drug-likeness (QED) is 0.865. The van der Waals surface area contributed by atoms with Crippen LogP contribution in [0.15, 0.2) is 6.07 Å². The van der Waals surface area contributed by atoms with Crippen molar-refractivity contribution in [1.82, 2.24) is 5.32 Å². The average Bonchev–Trinajstić information content (AvgIpc) is 2.40. The molecule has 0 amide bonds. The standard InChI is InChI=1S/C15H23NO2/c1-10-11(2)15(17)14(18-3)9-12(10)8-13-6-4-5-7-16-13/h9,13,16-17H,4-8H2,1-3H3. The molecule has 0 aromatic heterocycles. The molecule has 1 aliphatic rings. The van der Waals surface area contributed by atoms with Gasteiger partial charge in [0.1, 0.15) is 0 Å². The highest BCUT2D eigenvalue weighted by molar-refractivity contribution is 5.52. The number of hydrogen-bond donors (Lipinski definition) is 2. The van der Waals surface area contributed by atoms with Crippen LogP contribution in [0.4, 0.5) is 0 Å². The molecule has 1 fully saturated rings. The second kappa shape index (κ2) is 5.61. The van der Waals surface area contributed by atoms with Crippen LogP contribution in [-0.2, 0) is 6.42 Å². The summed E-state index contributed by atoms with van der Waals surface area (Å²) in [6, 6.07) is 2.54. The molecule has 2 N–H and O–H groups in total. The summed E-state index contributed by atoms with van der Waals surface area (Å²) in [5.41, 5.74) is 3.39. The highest BCUT2D eigenvalue weighted by atomic mass is 16.5. The fourth-order valence-corrected chi connectivity index (χ4v) is 2.67. The van der Waals surface area contributed by atoms with Crippen molar-refractivity contribution in [2.75, 3.05) is 13.7 Å². The first-order chi connectivity index (χ1) is 8.63. The van der Waals surface area contributed by atoms with Gasteiger partial charge in [-0.15, -0.1) is 0 Å². The molecule has 3 nitrogen and oxygen atoms in total. The summed E-state index contributed by atoms with van der Waals surface area (Å²) in [4.78, 5) is 0. The topological polar surface area (TPSA) is 41.5 Å². The monoisotopic (exact) mass is 249 g/mol. The van der Waals surface area contributed by atoms with Crippen LogP contribution in [0, 0.1) is 13.8 Å². The van der Waals surface area contributed by atoms with E-state index in [-0.39, 0.29) is 5.75 Å². The zero-order chi connectivity index (χ0) is 13.1. The summed E-state index contributed by atoms with van der Waals surface area (Å²) in [5, 5.41) is 13.5. The number of aromatic hydroxyl groups is 1. The first-order valence-electron chi connectivity index (χ1n) is 6.73. The summed E-state index contributed by atoms with van der Waals surface area (Å²) >= 11 is 0. The normalized spacial score (nSPS) is 19.8. The molecular weight excluding hydrogens is 226 g/mol. The zero-order valence-electron chi connectivity index (χ0n) is 11.5. The van der Waals surface area contributed by atoms with E-state index in [0.717, 1.165) is 18.5 Å². The van der Waals surface area contributed by atoms with E-state index in [4.69, 9.17) is 4.74 Å². The van der Waals surface area contributed by atoms with Crippen LogP contribution in [-0.4, -0.2) is 24.8 Å². The highest BCUT2D eigenvalue weighted by Crippen LogP contribution is 2.34. The number of benzene rings is 1. The predicted molar refractivity (Wildman–Crippen MR) is 73.5 cm³/mol. The third kappa shape index (κ3) is 2.61. The van der Waals surface area contributed by atoms with E-state index in [9.17, 15) is 5.11 Å². The van der Waals surface area contributed by atoms with Gasteiger partial charge >= 0.3 is 0 Å². The lowest BCUT2D eigenvalue weighted by atomic mass is 9.93. The van der Waals surface area contributed by atoms with Crippen molar-refractivity contribution < 1.29 is 9.84 Å². The van der Waals surface area contributed by atoms with Gasteiger partial charge in [-0.05, 0) is 62.4 Å². The molecule has 1 heterocycles. The first kappa shape index (κ1) is 13.2. The van der Waals surface area contributed by atoms with Crippen molar-refractivity contribution in [3.8, 4) is 11.5 Å². The number of ether oxygens (including phenoxy) is 1. The average molecular weight is 249 g/mol. The Hall–Kier alpha value is -1.22. The Bertz CT molecular complexity index is 423. The maximum atomic E-state index is 9.97.